The van der Waals surface area contributed by atoms with Crippen molar-refractivity contribution in [2.75, 3.05) is 17.4 Å². The quantitative estimate of drug-likeness (QED) is 0.736. The highest BCUT2D eigenvalue weighted by Gasteiger charge is 2.13. The Morgan fingerprint density at radius 2 is 1.76 bits per heavy atom. The molecule has 1 aliphatic rings. The highest BCUT2D eigenvalue weighted by atomic mass is 16.7. The standard InChI is InChI=1S/C18H17N5O2/c1-2-12-3-5-13(6-4-12)20-17-10-19-23-18(22-17)21-14-7-8-15-16(9-14)25-11-24-15/h3-10H,2,11H2,1H3,(H2,20,21,22,23). The van der Waals surface area contributed by atoms with Gasteiger partial charge in [-0.1, -0.05) is 19.1 Å². The fourth-order valence-electron chi connectivity index (χ4n) is 2.49. The average Bonchev–Trinajstić information content (AvgIpc) is 3.10. The predicted molar refractivity (Wildman–Crippen MR) is 94.8 cm³/mol. The SMILES string of the molecule is CCc1ccc(Nc2cnnc(Nc3ccc4c(c3)OCO4)n2)cc1. The van der Waals surface area contributed by atoms with Crippen LogP contribution in [0.25, 0.3) is 0 Å². The molecule has 1 aliphatic heterocycles. The number of nitrogens with zero attached hydrogens (tertiary/aromatic N) is 3. The Hall–Kier alpha value is -3.35. The second kappa shape index (κ2) is 6.64. The number of ether oxygens (including phenoxy) is 2. The lowest BCUT2D eigenvalue weighted by molar-refractivity contribution is 0.174. The van der Waals surface area contributed by atoms with E-state index in [1.165, 1.54) is 5.56 Å². The molecule has 3 aromatic rings. The van der Waals surface area contributed by atoms with Gasteiger partial charge in [-0.25, -0.2) is 0 Å². The molecule has 0 radical (unpaired) electrons. The summed E-state index contributed by atoms with van der Waals surface area (Å²) in [7, 11) is 0. The van der Waals surface area contributed by atoms with Gasteiger partial charge < -0.3 is 20.1 Å². The molecular formula is C18H17N5O2. The van der Waals surface area contributed by atoms with Crippen molar-refractivity contribution in [1.82, 2.24) is 15.2 Å². The fraction of sp³-hybridized carbons (Fsp3) is 0.167. The van der Waals surface area contributed by atoms with Crippen molar-refractivity contribution < 1.29 is 9.47 Å². The van der Waals surface area contributed by atoms with E-state index in [0.29, 0.717) is 17.5 Å². The first-order chi connectivity index (χ1) is 12.3. The summed E-state index contributed by atoms with van der Waals surface area (Å²) >= 11 is 0. The molecule has 1 aromatic heterocycles. The number of anilines is 4. The maximum Gasteiger partial charge on any atom is 0.249 e. The fourth-order valence-corrected chi connectivity index (χ4v) is 2.49. The Bertz CT molecular complexity index is 883. The van der Waals surface area contributed by atoms with E-state index >= 15 is 0 Å². The van der Waals surface area contributed by atoms with Crippen molar-refractivity contribution in [2.45, 2.75) is 13.3 Å². The molecule has 2 heterocycles. The van der Waals surface area contributed by atoms with E-state index < -0.39 is 0 Å². The summed E-state index contributed by atoms with van der Waals surface area (Å²) in [6.07, 6.45) is 2.59. The summed E-state index contributed by atoms with van der Waals surface area (Å²) in [6, 6.07) is 13.8. The smallest absolute Gasteiger partial charge is 0.249 e. The Balaban J connectivity index is 1.49. The molecule has 25 heavy (non-hydrogen) atoms. The minimum Gasteiger partial charge on any atom is -0.454 e. The van der Waals surface area contributed by atoms with Gasteiger partial charge in [-0.05, 0) is 36.2 Å². The topological polar surface area (TPSA) is 81.2 Å². The molecule has 0 saturated heterocycles. The van der Waals surface area contributed by atoms with Gasteiger partial charge in [0, 0.05) is 17.4 Å². The molecule has 0 fully saturated rings. The van der Waals surface area contributed by atoms with Crippen LogP contribution in [0.2, 0.25) is 0 Å². The molecule has 0 saturated carbocycles. The molecule has 0 spiro atoms. The zero-order valence-corrected chi connectivity index (χ0v) is 13.7. The lowest BCUT2D eigenvalue weighted by Crippen LogP contribution is -2.02. The van der Waals surface area contributed by atoms with E-state index in [1.807, 2.05) is 30.3 Å². The van der Waals surface area contributed by atoms with Gasteiger partial charge in [0.25, 0.3) is 0 Å². The van der Waals surface area contributed by atoms with Gasteiger partial charge in [0.1, 0.15) is 0 Å². The highest BCUT2D eigenvalue weighted by Crippen LogP contribution is 2.34. The van der Waals surface area contributed by atoms with Gasteiger partial charge in [-0.3, -0.25) is 0 Å². The van der Waals surface area contributed by atoms with Crippen LogP contribution in [-0.4, -0.2) is 22.0 Å². The Morgan fingerprint density at radius 3 is 2.60 bits per heavy atom. The van der Waals surface area contributed by atoms with Crippen molar-refractivity contribution in [3.8, 4) is 11.5 Å². The number of rotatable bonds is 5. The van der Waals surface area contributed by atoms with Crippen LogP contribution in [0.5, 0.6) is 11.5 Å². The summed E-state index contributed by atoms with van der Waals surface area (Å²) in [6.45, 7) is 2.37. The number of aromatic nitrogens is 3. The van der Waals surface area contributed by atoms with Crippen LogP contribution in [0, 0.1) is 0 Å². The molecule has 7 heteroatoms. The third-order valence-corrected chi connectivity index (χ3v) is 3.82. The first kappa shape index (κ1) is 15.2. The molecule has 0 bridgehead atoms. The summed E-state index contributed by atoms with van der Waals surface area (Å²) in [5.41, 5.74) is 3.04. The van der Waals surface area contributed by atoms with Crippen LogP contribution in [0.3, 0.4) is 0 Å². The summed E-state index contributed by atoms with van der Waals surface area (Å²) < 4.78 is 10.7. The van der Waals surface area contributed by atoms with Crippen molar-refractivity contribution >= 4 is 23.1 Å². The lowest BCUT2D eigenvalue weighted by atomic mass is 10.1. The third kappa shape index (κ3) is 3.45. The second-order valence-electron chi connectivity index (χ2n) is 5.53. The Labute approximate surface area is 145 Å². The molecule has 2 N–H and O–H groups in total. The van der Waals surface area contributed by atoms with E-state index in [2.05, 4.69) is 44.9 Å². The number of hydrogen-bond donors (Lipinski definition) is 2. The molecule has 2 aromatic carbocycles. The molecular weight excluding hydrogens is 318 g/mol. The molecule has 7 nitrogen and oxygen atoms in total. The molecule has 126 valence electrons. The summed E-state index contributed by atoms with van der Waals surface area (Å²) in [4.78, 5) is 4.43. The first-order valence-electron chi connectivity index (χ1n) is 8.02. The zero-order chi connectivity index (χ0) is 17.1. The minimum atomic E-state index is 0.243. The number of fused-ring (bicyclic) bond motifs is 1. The van der Waals surface area contributed by atoms with Crippen molar-refractivity contribution in [1.29, 1.82) is 0 Å². The molecule has 0 unspecified atom stereocenters. The number of benzene rings is 2. The van der Waals surface area contributed by atoms with Gasteiger partial charge in [0.05, 0.1) is 6.20 Å². The monoisotopic (exact) mass is 335 g/mol. The largest absolute Gasteiger partial charge is 0.454 e. The number of hydrogen-bond acceptors (Lipinski definition) is 7. The maximum atomic E-state index is 5.37. The van der Waals surface area contributed by atoms with Crippen LogP contribution in [0.1, 0.15) is 12.5 Å². The van der Waals surface area contributed by atoms with Gasteiger partial charge >= 0.3 is 0 Å². The van der Waals surface area contributed by atoms with Gasteiger partial charge in [-0.15, -0.1) is 5.10 Å². The van der Waals surface area contributed by atoms with Crippen LogP contribution < -0.4 is 20.1 Å². The molecule has 0 aliphatic carbocycles. The minimum absolute atomic E-state index is 0.243. The van der Waals surface area contributed by atoms with E-state index in [4.69, 9.17) is 9.47 Å². The highest BCUT2D eigenvalue weighted by molar-refractivity contribution is 5.62. The van der Waals surface area contributed by atoms with Gasteiger partial charge in [-0.2, -0.15) is 10.1 Å². The summed E-state index contributed by atoms with van der Waals surface area (Å²) in [5.74, 6) is 2.44. The van der Waals surface area contributed by atoms with Crippen LogP contribution in [-0.2, 0) is 6.42 Å². The Morgan fingerprint density at radius 1 is 0.960 bits per heavy atom. The van der Waals surface area contributed by atoms with Crippen LogP contribution in [0.15, 0.2) is 48.7 Å². The normalized spacial score (nSPS) is 12.0. The van der Waals surface area contributed by atoms with Gasteiger partial charge in [0.2, 0.25) is 12.7 Å². The second-order valence-corrected chi connectivity index (χ2v) is 5.53. The van der Waals surface area contributed by atoms with Crippen LogP contribution in [0.4, 0.5) is 23.1 Å². The van der Waals surface area contributed by atoms with E-state index in [1.54, 1.807) is 6.20 Å². The van der Waals surface area contributed by atoms with Crippen LogP contribution >= 0.6 is 0 Å². The van der Waals surface area contributed by atoms with Crippen molar-refractivity contribution in [3.63, 3.8) is 0 Å². The zero-order valence-electron chi connectivity index (χ0n) is 13.7. The van der Waals surface area contributed by atoms with E-state index in [9.17, 15) is 0 Å². The number of aryl methyl sites for hydroxylation is 1. The van der Waals surface area contributed by atoms with Crippen molar-refractivity contribution in [2.24, 2.45) is 0 Å². The predicted octanol–water partition coefficient (Wildman–Crippen LogP) is 3.65. The number of nitrogens with one attached hydrogen (secondary N) is 2. The average molecular weight is 335 g/mol. The molecule has 4 rings (SSSR count). The Kier molecular flexibility index (Phi) is 4.04. The summed E-state index contributed by atoms with van der Waals surface area (Å²) in [5, 5.41) is 14.3. The van der Waals surface area contributed by atoms with E-state index in [-0.39, 0.29) is 6.79 Å². The lowest BCUT2D eigenvalue weighted by Gasteiger charge is -2.08. The van der Waals surface area contributed by atoms with Crippen molar-refractivity contribution in [3.05, 3.63) is 54.2 Å². The molecule has 0 amide bonds. The molecule has 0 atom stereocenters. The van der Waals surface area contributed by atoms with E-state index in [0.717, 1.165) is 23.5 Å². The maximum absolute atomic E-state index is 5.37. The third-order valence-electron chi connectivity index (χ3n) is 3.82. The van der Waals surface area contributed by atoms with Gasteiger partial charge in [0.15, 0.2) is 17.3 Å². The first-order valence-corrected chi connectivity index (χ1v) is 8.02.